The maximum atomic E-state index is 12.8. The van der Waals surface area contributed by atoms with Crippen LogP contribution < -0.4 is 10.2 Å². The molecule has 1 aliphatic heterocycles. The number of hydrogen-bond acceptors (Lipinski definition) is 5. The van der Waals surface area contributed by atoms with Crippen molar-refractivity contribution in [2.75, 3.05) is 23.3 Å². The highest BCUT2D eigenvalue weighted by atomic mass is 35.5. The summed E-state index contributed by atoms with van der Waals surface area (Å²) in [4.78, 5) is 14.9. The van der Waals surface area contributed by atoms with Gasteiger partial charge in [-0.15, -0.1) is 10.2 Å². The van der Waals surface area contributed by atoms with Gasteiger partial charge in [0.25, 0.3) is 0 Å². The van der Waals surface area contributed by atoms with Gasteiger partial charge in [0.15, 0.2) is 11.6 Å². The quantitative estimate of drug-likeness (QED) is 0.643. The third kappa shape index (κ3) is 4.42. The number of benzene rings is 1. The lowest BCUT2D eigenvalue weighted by Crippen LogP contribution is -2.41. The Kier molecular flexibility index (Phi) is 5.92. The van der Waals surface area contributed by atoms with E-state index in [2.05, 4.69) is 25.5 Å². The van der Waals surface area contributed by atoms with Crippen molar-refractivity contribution in [2.45, 2.75) is 26.7 Å². The number of aryl methyl sites for hydroxylation is 2. The smallest absolute Gasteiger partial charge is 0.229 e. The Morgan fingerprint density at radius 3 is 2.53 bits per heavy atom. The molecule has 4 rings (SSSR count). The Balaban J connectivity index is 1.44. The molecule has 1 amide bonds. The molecule has 3 heterocycles. The third-order valence-corrected chi connectivity index (χ3v) is 5.72. The summed E-state index contributed by atoms with van der Waals surface area (Å²) in [6.45, 7) is 5.34. The second-order valence-corrected chi connectivity index (χ2v) is 8.33. The Morgan fingerprint density at radius 1 is 1.10 bits per heavy atom. The fourth-order valence-electron chi connectivity index (χ4n) is 3.69. The van der Waals surface area contributed by atoms with E-state index in [0.717, 1.165) is 36.6 Å². The topological polar surface area (TPSA) is 75.9 Å². The highest BCUT2D eigenvalue weighted by Crippen LogP contribution is 2.28. The van der Waals surface area contributed by atoms with Crippen molar-refractivity contribution in [1.29, 1.82) is 0 Å². The first-order valence-corrected chi connectivity index (χ1v) is 10.5. The summed E-state index contributed by atoms with van der Waals surface area (Å²) in [7, 11) is 0. The van der Waals surface area contributed by atoms with E-state index in [0.29, 0.717) is 28.1 Å². The lowest BCUT2D eigenvalue weighted by atomic mass is 9.97. The summed E-state index contributed by atoms with van der Waals surface area (Å²) in [5, 5.41) is 17.0. The predicted molar refractivity (Wildman–Crippen MR) is 119 cm³/mol. The van der Waals surface area contributed by atoms with Crippen molar-refractivity contribution in [3.8, 4) is 5.82 Å². The summed E-state index contributed by atoms with van der Waals surface area (Å²) >= 11 is 12.1. The Labute approximate surface area is 185 Å². The van der Waals surface area contributed by atoms with E-state index >= 15 is 0 Å². The van der Waals surface area contributed by atoms with Crippen LogP contribution in [-0.4, -0.2) is 39.0 Å². The van der Waals surface area contributed by atoms with E-state index in [9.17, 15) is 4.79 Å². The minimum atomic E-state index is -0.164. The molecule has 2 aromatic heterocycles. The van der Waals surface area contributed by atoms with Crippen LogP contribution in [0.4, 0.5) is 11.5 Å². The van der Waals surface area contributed by atoms with Crippen molar-refractivity contribution in [1.82, 2.24) is 20.0 Å². The zero-order valence-corrected chi connectivity index (χ0v) is 18.3. The van der Waals surface area contributed by atoms with Crippen molar-refractivity contribution in [2.24, 2.45) is 5.92 Å². The number of hydrogen-bond donors (Lipinski definition) is 1. The number of carbonyl (C=O) groups is 1. The first-order valence-electron chi connectivity index (χ1n) is 9.79. The van der Waals surface area contributed by atoms with Crippen LogP contribution in [0.5, 0.6) is 0 Å². The Bertz CT molecular complexity index is 1070. The number of rotatable bonds is 4. The zero-order chi connectivity index (χ0) is 21.3. The average Bonchev–Trinajstić information content (AvgIpc) is 3.08. The van der Waals surface area contributed by atoms with Gasteiger partial charge in [0.05, 0.1) is 22.3 Å². The molecular formula is C21H22Cl2N6O. The zero-order valence-electron chi connectivity index (χ0n) is 16.8. The molecule has 0 saturated carbocycles. The van der Waals surface area contributed by atoms with Gasteiger partial charge in [-0.3, -0.25) is 4.79 Å². The van der Waals surface area contributed by atoms with Gasteiger partial charge >= 0.3 is 0 Å². The van der Waals surface area contributed by atoms with Crippen LogP contribution in [-0.2, 0) is 4.79 Å². The highest BCUT2D eigenvalue weighted by molar-refractivity contribution is 6.36. The molecule has 1 N–H and O–H groups in total. The molecule has 0 radical (unpaired) electrons. The summed E-state index contributed by atoms with van der Waals surface area (Å²) in [6.07, 6.45) is 1.71. The van der Waals surface area contributed by atoms with Crippen LogP contribution in [0.25, 0.3) is 5.82 Å². The van der Waals surface area contributed by atoms with Crippen molar-refractivity contribution < 1.29 is 4.79 Å². The number of nitrogens with zero attached hydrogens (tertiary/aromatic N) is 5. The van der Waals surface area contributed by atoms with Crippen molar-refractivity contribution in [3.63, 3.8) is 0 Å². The van der Waals surface area contributed by atoms with Gasteiger partial charge in [0.2, 0.25) is 5.91 Å². The Morgan fingerprint density at radius 2 is 1.87 bits per heavy atom. The molecule has 1 aromatic carbocycles. The fourth-order valence-corrected chi connectivity index (χ4v) is 4.14. The summed E-state index contributed by atoms with van der Waals surface area (Å²) < 4.78 is 1.77. The molecule has 156 valence electrons. The summed E-state index contributed by atoms with van der Waals surface area (Å²) in [5.74, 6) is 1.20. The molecular weight excluding hydrogens is 423 g/mol. The first-order chi connectivity index (χ1) is 14.4. The minimum Gasteiger partial charge on any atom is -0.354 e. The fraction of sp³-hybridized carbons (Fsp3) is 0.333. The molecule has 1 unspecified atom stereocenters. The monoisotopic (exact) mass is 444 g/mol. The maximum absolute atomic E-state index is 12.8. The average molecular weight is 445 g/mol. The SMILES string of the molecule is Cc1cc(C)n(-c2ccc(N3CCCC(C(=O)Nc4ccc(Cl)cc4Cl)C3)nn2)n1. The first kappa shape index (κ1) is 20.6. The van der Waals surface area contributed by atoms with Gasteiger partial charge in [-0.25, -0.2) is 4.68 Å². The van der Waals surface area contributed by atoms with Gasteiger partial charge in [0, 0.05) is 23.8 Å². The van der Waals surface area contributed by atoms with Crippen LogP contribution in [0.1, 0.15) is 24.2 Å². The molecule has 9 heteroatoms. The standard InChI is InChI=1S/C21H22Cl2N6O/c1-13-10-14(2)29(27-13)20-8-7-19(25-26-20)28-9-3-4-15(12-28)21(30)24-18-6-5-16(22)11-17(18)23/h5-8,10-11,15H,3-4,9,12H2,1-2H3,(H,24,30). The molecule has 7 nitrogen and oxygen atoms in total. The van der Waals surface area contributed by atoms with E-state index < -0.39 is 0 Å². The molecule has 1 saturated heterocycles. The van der Waals surface area contributed by atoms with Gasteiger partial charge in [-0.05, 0) is 63.1 Å². The van der Waals surface area contributed by atoms with Crippen LogP contribution >= 0.6 is 23.2 Å². The van der Waals surface area contributed by atoms with Crippen molar-refractivity contribution >= 4 is 40.6 Å². The highest BCUT2D eigenvalue weighted by Gasteiger charge is 2.27. The largest absolute Gasteiger partial charge is 0.354 e. The number of aromatic nitrogens is 4. The van der Waals surface area contributed by atoms with Crippen molar-refractivity contribution in [3.05, 3.63) is 57.8 Å². The number of anilines is 2. The van der Waals surface area contributed by atoms with E-state index in [1.165, 1.54) is 0 Å². The number of amides is 1. The van der Waals surface area contributed by atoms with Gasteiger partial charge in [-0.1, -0.05) is 23.2 Å². The number of nitrogens with one attached hydrogen (secondary N) is 1. The summed E-state index contributed by atoms with van der Waals surface area (Å²) in [5.41, 5.74) is 2.51. The molecule has 0 spiro atoms. The molecule has 1 atom stereocenters. The molecule has 0 aliphatic carbocycles. The second-order valence-electron chi connectivity index (χ2n) is 7.49. The van der Waals surface area contributed by atoms with Crippen LogP contribution in [0.3, 0.4) is 0 Å². The molecule has 0 bridgehead atoms. The van der Waals surface area contributed by atoms with E-state index in [1.807, 2.05) is 32.0 Å². The van der Waals surface area contributed by atoms with E-state index in [4.69, 9.17) is 23.2 Å². The maximum Gasteiger partial charge on any atom is 0.229 e. The van der Waals surface area contributed by atoms with Crippen LogP contribution in [0, 0.1) is 19.8 Å². The molecule has 3 aromatic rings. The van der Waals surface area contributed by atoms with E-state index in [1.54, 1.807) is 22.9 Å². The minimum absolute atomic E-state index is 0.0591. The van der Waals surface area contributed by atoms with Crippen LogP contribution in [0.2, 0.25) is 10.0 Å². The third-order valence-electron chi connectivity index (χ3n) is 5.17. The lowest BCUT2D eigenvalue weighted by molar-refractivity contribution is -0.120. The van der Waals surface area contributed by atoms with Gasteiger partial charge < -0.3 is 10.2 Å². The Hall–Kier alpha value is -2.64. The molecule has 30 heavy (non-hydrogen) atoms. The van der Waals surface area contributed by atoms with E-state index in [-0.39, 0.29) is 11.8 Å². The lowest BCUT2D eigenvalue weighted by Gasteiger charge is -2.32. The normalized spacial score (nSPS) is 16.5. The van der Waals surface area contributed by atoms with Gasteiger partial charge in [-0.2, -0.15) is 5.10 Å². The number of piperidine rings is 1. The second kappa shape index (κ2) is 8.62. The number of carbonyl (C=O) groups excluding carboxylic acids is 1. The predicted octanol–water partition coefficient (Wildman–Crippen LogP) is 4.44. The van der Waals surface area contributed by atoms with Gasteiger partial charge in [0.1, 0.15) is 0 Å². The molecule has 1 aliphatic rings. The van der Waals surface area contributed by atoms with Crippen LogP contribution in [0.15, 0.2) is 36.4 Å². The summed E-state index contributed by atoms with van der Waals surface area (Å²) in [6, 6.07) is 10.9. The number of halogens is 2. The molecule has 1 fully saturated rings.